The van der Waals surface area contributed by atoms with E-state index in [4.69, 9.17) is 9.97 Å². The zero-order chi connectivity index (χ0) is 20.6. The van der Waals surface area contributed by atoms with E-state index in [1.54, 1.807) is 23.7 Å². The molecule has 6 nitrogen and oxygen atoms in total. The third-order valence-electron chi connectivity index (χ3n) is 5.67. The summed E-state index contributed by atoms with van der Waals surface area (Å²) in [6.45, 7) is 0.652. The second-order valence-corrected chi connectivity index (χ2v) is 8.69. The first kappa shape index (κ1) is 18.2. The molecule has 0 radical (unpaired) electrons. The van der Waals surface area contributed by atoms with Gasteiger partial charge in [-0.2, -0.15) is 5.10 Å². The largest absolute Gasteiger partial charge is 0.365 e. The maximum absolute atomic E-state index is 4.95. The van der Waals surface area contributed by atoms with Crippen LogP contribution in [0.15, 0.2) is 67.3 Å². The minimum absolute atomic E-state index is 0.652. The topological polar surface area (TPSA) is 68.5 Å². The molecule has 0 spiro atoms. The summed E-state index contributed by atoms with van der Waals surface area (Å²) in [6, 6.07) is 14.2. The number of anilines is 1. The number of pyridine rings is 1. The summed E-state index contributed by atoms with van der Waals surface area (Å²) >= 11 is 1.81. The standard InChI is InChI=1S/C24H20N6S/c1-2-9-19(30-13-5-12-27-30)16(6-1)15-26-23-21-18-8-3-10-20(18)31-24(21)29-22(28-23)17-7-4-11-25-14-17/h1-2,4-7,9,11-14H,3,8,10,15H2,(H,26,28,29). The Labute approximate surface area is 183 Å². The summed E-state index contributed by atoms with van der Waals surface area (Å²) in [5.41, 5.74) is 4.57. The molecule has 7 heteroatoms. The molecule has 0 fully saturated rings. The van der Waals surface area contributed by atoms with Gasteiger partial charge in [-0.3, -0.25) is 4.98 Å². The predicted octanol–water partition coefficient (Wildman–Crippen LogP) is 5.04. The van der Waals surface area contributed by atoms with Gasteiger partial charge in [0.15, 0.2) is 5.82 Å². The number of nitrogens with one attached hydrogen (secondary N) is 1. The highest BCUT2D eigenvalue weighted by Crippen LogP contribution is 2.40. The van der Waals surface area contributed by atoms with Gasteiger partial charge in [-0.05, 0) is 54.7 Å². The van der Waals surface area contributed by atoms with Gasteiger partial charge in [-0.1, -0.05) is 18.2 Å². The van der Waals surface area contributed by atoms with Gasteiger partial charge in [0.05, 0.1) is 11.1 Å². The van der Waals surface area contributed by atoms with Crippen LogP contribution >= 0.6 is 11.3 Å². The van der Waals surface area contributed by atoms with Crippen molar-refractivity contribution in [2.75, 3.05) is 5.32 Å². The van der Waals surface area contributed by atoms with Crippen LogP contribution in [0.4, 0.5) is 5.82 Å². The van der Waals surface area contributed by atoms with Crippen molar-refractivity contribution in [2.24, 2.45) is 0 Å². The van der Waals surface area contributed by atoms with Crippen LogP contribution in [0.25, 0.3) is 27.3 Å². The Balaban J connectivity index is 1.43. The number of aryl methyl sites for hydroxylation is 2. The molecule has 4 aromatic heterocycles. The number of para-hydroxylation sites is 1. The molecule has 1 aliphatic rings. The number of hydrogen-bond donors (Lipinski definition) is 1. The van der Waals surface area contributed by atoms with E-state index in [1.807, 2.05) is 41.3 Å². The van der Waals surface area contributed by atoms with E-state index >= 15 is 0 Å². The lowest BCUT2D eigenvalue weighted by molar-refractivity contribution is 0.863. The van der Waals surface area contributed by atoms with Gasteiger partial charge < -0.3 is 5.32 Å². The normalized spacial score (nSPS) is 12.9. The predicted molar refractivity (Wildman–Crippen MR) is 124 cm³/mol. The maximum Gasteiger partial charge on any atom is 0.164 e. The van der Waals surface area contributed by atoms with Crippen molar-refractivity contribution in [1.82, 2.24) is 24.7 Å². The van der Waals surface area contributed by atoms with Crippen LogP contribution in [-0.4, -0.2) is 24.7 Å². The van der Waals surface area contributed by atoms with Crippen molar-refractivity contribution in [3.8, 4) is 17.1 Å². The Bertz CT molecular complexity index is 1360. The fourth-order valence-corrected chi connectivity index (χ4v) is 5.48. The Morgan fingerprint density at radius 2 is 1.97 bits per heavy atom. The Kier molecular flexibility index (Phi) is 4.46. The van der Waals surface area contributed by atoms with Crippen LogP contribution in [0.3, 0.4) is 0 Å². The van der Waals surface area contributed by atoms with Crippen LogP contribution in [0.2, 0.25) is 0 Å². The zero-order valence-corrected chi connectivity index (χ0v) is 17.6. The third kappa shape index (κ3) is 3.27. The molecule has 6 rings (SSSR count). The number of aromatic nitrogens is 5. The smallest absolute Gasteiger partial charge is 0.164 e. The first-order valence-corrected chi connectivity index (χ1v) is 11.2. The molecule has 0 bridgehead atoms. The lowest BCUT2D eigenvalue weighted by Gasteiger charge is -2.13. The Hall–Kier alpha value is -3.58. The summed E-state index contributed by atoms with van der Waals surface area (Å²) in [7, 11) is 0. The Morgan fingerprint density at radius 1 is 1.00 bits per heavy atom. The molecule has 0 saturated heterocycles. The van der Waals surface area contributed by atoms with Crippen LogP contribution < -0.4 is 5.32 Å². The van der Waals surface area contributed by atoms with Gasteiger partial charge in [-0.15, -0.1) is 11.3 Å². The second-order valence-electron chi connectivity index (χ2n) is 7.61. The summed E-state index contributed by atoms with van der Waals surface area (Å²) < 4.78 is 1.90. The summed E-state index contributed by atoms with van der Waals surface area (Å²) in [4.78, 5) is 16.6. The lowest BCUT2D eigenvalue weighted by Crippen LogP contribution is -2.08. The van der Waals surface area contributed by atoms with Gasteiger partial charge >= 0.3 is 0 Å². The number of rotatable bonds is 5. The molecule has 1 N–H and O–H groups in total. The van der Waals surface area contributed by atoms with Crippen LogP contribution in [0.1, 0.15) is 22.4 Å². The number of thiophene rings is 1. The molecule has 152 valence electrons. The molecule has 1 aliphatic carbocycles. The molecule has 0 unspecified atom stereocenters. The quantitative estimate of drug-likeness (QED) is 0.428. The second kappa shape index (κ2) is 7.59. The third-order valence-corrected chi connectivity index (χ3v) is 6.86. The number of hydrogen-bond acceptors (Lipinski definition) is 6. The number of benzene rings is 1. The first-order valence-electron chi connectivity index (χ1n) is 10.4. The van der Waals surface area contributed by atoms with E-state index < -0.39 is 0 Å². The fourth-order valence-electron chi connectivity index (χ4n) is 4.22. The van der Waals surface area contributed by atoms with Crippen molar-refractivity contribution in [3.05, 3.63) is 83.3 Å². The van der Waals surface area contributed by atoms with Gasteiger partial charge in [0.1, 0.15) is 10.6 Å². The molecule has 4 heterocycles. The maximum atomic E-state index is 4.95. The van der Waals surface area contributed by atoms with E-state index in [-0.39, 0.29) is 0 Å². The molecule has 5 aromatic rings. The number of nitrogens with zero attached hydrogens (tertiary/aromatic N) is 5. The van der Waals surface area contributed by atoms with Gasteiger partial charge in [-0.25, -0.2) is 14.6 Å². The van der Waals surface area contributed by atoms with Crippen LogP contribution in [0, 0.1) is 0 Å². The molecule has 0 aliphatic heterocycles. The summed E-state index contributed by atoms with van der Waals surface area (Å²) in [5.74, 6) is 1.61. The fraction of sp³-hybridized carbons (Fsp3) is 0.167. The average Bonchev–Trinajstić information content (AvgIpc) is 3.56. The summed E-state index contributed by atoms with van der Waals surface area (Å²) in [5, 5.41) is 9.21. The highest BCUT2D eigenvalue weighted by molar-refractivity contribution is 7.19. The molecule has 0 atom stereocenters. The van der Waals surface area contributed by atoms with E-state index in [1.165, 1.54) is 22.2 Å². The molecule has 0 amide bonds. The van der Waals surface area contributed by atoms with Gasteiger partial charge in [0, 0.05) is 41.8 Å². The zero-order valence-electron chi connectivity index (χ0n) is 16.8. The molecule has 0 saturated carbocycles. The van der Waals surface area contributed by atoms with Crippen LogP contribution in [0.5, 0.6) is 0 Å². The lowest BCUT2D eigenvalue weighted by atomic mass is 10.1. The van der Waals surface area contributed by atoms with E-state index in [2.05, 4.69) is 33.6 Å². The molecular weight excluding hydrogens is 404 g/mol. The monoisotopic (exact) mass is 424 g/mol. The van der Waals surface area contributed by atoms with Crippen molar-refractivity contribution in [1.29, 1.82) is 0 Å². The SMILES string of the molecule is c1cncc(-c2nc(NCc3ccccc3-n3cccn3)c3c4c(sc3n2)CCC4)c1. The van der Waals surface area contributed by atoms with Gasteiger partial charge in [0.25, 0.3) is 0 Å². The highest BCUT2D eigenvalue weighted by atomic mass is 32.1. The van der Waals surface area contributed by atoms with Crippen molar-refractivity contribution < 1.29 is 0 Å². The molecule has 31 heavy (non-hydrogen) atoms. The van der Waals surface area contributed by atoms with Crippen molar-refractivity contribution in [2.45, 2.75) is 25.8 Å². The van der Waals surface area contributed by atoms with E-state index in [0.29, 0.717) is 12.4 Å². The van der Waals surface area contributed by atoms with E-state index in [9.17, 15) is 0 Å². The highest BCUT2D eigenvalue weighted by Gasteiger charge is 2.23. The number of fused-ring (bicyclic) bond motifs is 3. The molecular formula is C24H20N6S. The average molecular weight is 425 g/mol. The van der Waals surface area contributed by atoms with Crippen molar-refractivity contribution in [3.63, 3.8) is 0 Å². The van der Waals surface area contributed by atoms with Crippen molar-refractivity contribution >= 4 is 27.4 Å². The van der Waals surface area contributed by atoms with Crippen LogP contribution in [-0.2, 0) is 19.4 Å². The molecule has 1 aromatic carbocycles. The van der Waals surface area contributed by atoms with E-state index in [0.717, 1.165) is 40.3 Å². The van der Waals surface area contributed by atoms with Gasteiger partial charge in [0.2, 0.25) is 0 Å². The minimum Gasteiger partial charge on any atom is -0.365 e. The minimum atomic E-state index is 0.652. The summed E-state index contributed by atoms with van der Waals surface area (Å²) in [6.07, 6.45) is 10.8. The first-order chi connectivity index (χ1) is 15.4. The Morgan fingerprint density at radius 3 is 2.84 bits per heavy atom.